The highest BCUT2D eigenvalue weighted by Gasteiger charge is 2.43. The number of fused-ring (bicyclic) bond motifs is 1. The van der Waals surface area contributed by atoms with Crippen molar-refractivity contribution in [2.75, 3.05) is 19.6 Å². The van der Waals surface area contributed by atoms with Crippen LogP contribution in [0, 0.1) is 11.7 Å². The van der Waals surface area contributed by atoms with Crippen molar-refractivity contribution in [3.8, 4) is 5.69 Å². The van der Waals surface area contributed by atoms with E-state index in [1.165, 1.54) is 35.4 Å². The van der Waals surface area contributed by atoms with Gasteiger partial charge in [0.05, 0.1) is 29.7 Å². The monoisotopic (exact) mass is 415 g/mol. The van der Waals surface area contributed by atoms with Gasteiger partial charge in [-0.15, -0.1) is 0 Å². The molecule has 8 nitrogen and oxygen atoms in total. The van der Waals surface area contributed by atoms with E-state index < -0.39 is 11.4 Å². The molecule has 160 valence electrons. The smallest absolute Gasteiger partial charge is 0.410 e. The van der Waals surface area contributed by atoms with Crippen molar-refractivity contribution in [3.05, 3.63) is 42.0 Å². The van der Waals surface area contributed by atoms with E-state index in [9.17, 15) is 14.0 Å². The minimum absolute atomic E-state index is 0.0996. The summed E-state index contributed by atoms with van der Waals surface area (Å²) in [5.74, 6) is -0.460. The zero-order chi connectivity index (χ0) is 21.5. The number of carbonyl (C=O) groups is 2. The van der Waals surface area contributed by atoms with Crippen LogP contribution in [0.2, 0.25) is 0 Å². The predicted molar refractivity (Wildman–Crippen MR) is 107 cm³/mol. The SMILES string of the molecule is CC(C)(C)OC(=O)N1CC[C@@H]2CCN(C(=O)c3cc(F)ccc3-n3nccn3)C[C@@H]21. The summed E-state index contributed by atoms with van der Waals surface area (Å²) in [6, 6.07) is 3.89. The predicted octanol–water partition coefficient (Wildman–Crippen LogP) is 2.88. The maximum atomic E-state index is 14.0. The summed E-state index contributed by atoms with van der Waals surface area (Å²) >= 11 is 0. The molecule has 9 heteroatoms. The molecule has 2 aliphatic rings. The third-order valence-electron chi connectivity index (χ3n) is 5.60. The number of nitrogens with zero attached hydrogens (tertiary/aromatic N) is 5. The second-order valence-corrected chi connectivity index (χ2v) is 8.81. The molecule has 4 rings (SSSR count). The maximum absolute atomic E-state index is 14.0. The molecule has 0 spiro atoms. The highest BCUT2D eigenvalue weighted by molar-refractivity contribution is 5.97. The first kappa shape index (κ1) is 20.3. The lowest BCUT2D eigenvalue weighted by molar-refractivity contribution is 0.0122. The number of carbonyl (C=O) groups excluding carboxylic acids is 2. The fourth-order valence-electron chi connectivity index (χ4n) is 4.24. The van der Waals surface area contributed by atoms with Gasteiger partial charge in [0.2, 0.25) is 0 Å². The molecule has 2 saturated heterocycles. The lowest BCUT2D eigenvalue weighted by Gasteiger charge is -2.38. The first-order valence-corrected chi connectivity index (χ1v) is 10.2. The quantitative estimate of drug-likeness (QED) is 0.754. The van der Waals surface area contributed by atoms with E-state index in [-0.39, 0.29) is 23.6 Å². The Morgan fingerprint density at radius 1 is 1.13 bits per heavy atom. The van der Waals surface area contributed by atoms with Crippen molar-refractivity contribution in [1.82, 2.24) is 24.8 Å². The van der Waals surface area contributed by atoms with Gasteiger partial charge in [0.1, 0.15) is 11.4 Å². The molecule has 0 radical (unpaired) electrons. The van der Waals surface area contributed by atoms with Crippen LogP contribution in [0.25, 0.3) is 5.69 Å². The van der Waals surface area contributed by atoms with Gasteiger partial charge < -0.3 is 14.5 Å². The number of amides is 2. The van der Waals surface area contributed by atoms with Crippen LogP contribution in [0.5, 0.6) is 0 Å². The number of halogens is 1. The number of hydrogen-bond acceptors (Lipinski definition) is 5. The van der Waals surface area contributed by atoms with E-state index in [1.807, 2.05) is 20.8 Å². The summed E-state index contributed by atoms with van der Waals surface area (Å²) in [7, 11) is 0. The standard InChI is InChI=1S/C21H26FN5O3/c1-21(2,3)30-20(29)26-11-7-14-6-10-25(13-18(14)26)19(28)16-12-15(22)4-5-17(16)27-23-8-9-24-27/h4-5,8-9,12,14,18H,6-7,10-11,13H2,1-3H3/t14-,18-/m0/s1. The third kappa shape index (κ3) is 4.01. The summed E-state index contributed by atoms with van der Waals surface area (Å²) in [4.78, 5) is 30.7. The molecule has 0 saturated carbocycles. The summed E-state index contributed by atoms with van der Waals surface area (Å²) in [5, 5.41) is 8.14. The average Bonchev–Trinajstić information content (AvgIpc) is 3.35. The normalized spacial score (nSPS) is 21.5. The highest BCUT2D eigenvalue weighted by Crippen LogP contribution is 2.33. The summed E-state index contributed by atoms with van der Waals surface area (Å²) in [6.07, 6.45) is 4.34. The number of rotatable bonds is 2. The summed E-state index contributed by atoms with van der Waals surface area (Å²) in [6.45, 7) is 7.09. The third-order valence-corrected chi connectivity index (χ3v) is 5.60. The van der Waals surface area contributed by atoms with E-state index in [2.05, 4.69) is 10.2 Å². The van der Waals surface area contributed by atoms with Gasteiger partial charge >= 0.3 is 6.09 Å². The second-order valence-electron chi connectivity index (χ2n) is 8.81. The number of hydrogen-bond donors (Lipinski definition) is 0. The fraction of sp³-hybridized carbons (Fsp3) is 0.524. The van der Waals surface area contributed by atoms with Gasteiger partial charge in [0.15, 0.2) is 0 Å². The Labute approximate surface area is 174 Å². The minimum atomic E-state index is -0.577. The summed E-state index contributed by atoms with van der Waals surface area (Å²) < 4.78 is 19.5. The van der Waals surface area contributed by atoms with Gasteiger partial charge in [-0.05, 0) is 57.7 Å². The van der Waals surface area contributed by atoms with Crippen LogP contribution in [0.4, 0.5) is 9.18 Å². The van der Waals surface area contributed by atoms with Crippen molar-refractivity contribution in [2.45, 2.75) is 45.3 Å². The minimum Gasteiger partial charge on any atom is -0.444 e. The molecule has 2 aromatic rings. The molecule has 0 N–H and O–H groups in total. The van der Waals surface area contributed by atoms with Crippen LogP contribution in [-0.4, -0.2) is 68.1 Å². The molecule has 3 heterocycles. The number of ether oxygens (including phenoxy) is 1. The zero-order valence-corrected chi connectivity index (χ0v) is 17.4. The largest absolute Gasteiger partial charge is 0.444 e. The van der Waals surface area contributed by atoms with Crippen LogP contribution >= 0.6 is 0 Å². The average molecular weight is 415 g/mol. The van der Waals surface area contributed by atoms with Gasteiger partial charge in [0, 0.05) is 19.6 Å². The van der Waals surface area contributed by atoms with Crippen LogP contribution in [-0.2, 0) is 4.74 Å². The van der Waals surface area contributed by atoms with Crippen molar-refractivity contribution in [3.63, 3.8) is 0 Å². The van der Waals surface area contributed by atoms with E-state index in [4.69, 9.17) is 4.74 Å². The Bertz CT molecular complexity index is 941. The van der Waals surface area contributed by atoms with Crippen molar-refractivity contribution in [2.24, 2.45) is 5.92 Å². The van der Waals surface area contributed by atoms with Crippen LogP contribution in [0.15, 0.2) is 30.6 Å². The molecule has 1 aromatic carbocycles. The summed E-state index contributed by atoms with van der Waals surface area (Å²) in [5.41, 5.74) is 0.0439. The van der Waals surface area contributed by atoms with Gasteiger partial charge in [0.25, 0.3) is 5.91 Å². The van der Waals surface area contributed by atoms with Gasteiger partial charge in [-0.3, -0.25) is 4.79 Å². The lowest BCUT2D eigenvalue weighted by Crippen LogP contribution is -2.52. The van der Waals surface area contributed by atoms with Gasteiger partial charge in [-0.25, -0.2) is 9.18 Å². The number of aromatic nitrogens is 3. The lowest BCUT2D eigenvalue weighted by atomic mass is 9.91. The molecule has 2 fully saturated rings. The molecule has 0 unspecified atom stereocenters. The topological polar surface area (TPSA) is 80.6 Å². The van der Waals surface area contributed by atoms with Gasteiger partial charge in [-0.2, -0.15) is 15.0 Å². The van der Waals surface area contributed by atoms with E-state index >= 15 is 0 Å². The zero-order valence-electron chi connectivity index (χ0n) is 17.4. The molecular formula is C21H26FN5O3. The van der Waals surface area contributed by atoms with Crippen molar-refractivity contribution >= 4 is 12.0 Å². The van der Waals surface area contributed by atoms with E-state index in [0.717, 1.165) is 12.8 Å². The molecule has 2 atom stereocenters. The Hall–Kier alpha value is -2.97. The first-order valence-electron chi connectivity index (χ1n) is 10.2. The molecule has 0 aliphatic carbocycles. The van der Waals surface area contributed by atoms with Crippen molar-refractivity contribution in [1.29, 1.82) is 0 Å². The highest BCUT2D eigenvalue weighted by atomic mass is 19.1. The number of benzene rings is 1. The van der Waals surface area contributed by atoms with Gasteiger partial charge in [-0.1, -0.05) is 0 Å². The molecular weight excluding hydrogens is 389 g/mol. The molecule has 30 heavy (non-hydrogen) atoms. The van der Waals surface area contributed by atoms with Crippen LogP contribution in [0.3, 0.4) is 0 Å². The Morgan fingerprint density at radius 2 is 1.83 bits per heavy atom. The number of piperidine rings is 1. The molecule has 1 aromatic heterocycles. The Balaban J connectivity index is 1.56. The van der Waals surface area contributed by atoms with E-state index in [0.29, 0.717) is 31.2 Å². The van der Waals surface area contributed by atoms with Crippen LogP contribution < -0.4 is 0 Å². The number of likely N-dealkylation sites (tertiary alicyclic amines) is 2. The Morgan fingerprint density at radius 3 is 2.53 bits per heavy atom. The molecule has 0 bridgehead atoms. The molecule has 2 amide bonds. The van der Waals surface area contributed by atoms with Crippen molar-refractivity contribution < 1.29 is 18.7 Å². The molecule has 2 aliphatic heterocycles. The second kappa shape index (κ2) is 7.70. The first-order chi connectivity index (χ1) is 14.2. The van der Waals surface area contributed by atoms with Crippen LogP contribution in [0.1, 0.15) is 44.0 Å². The Kier molecular flexibility index (Phi) is 5.21. The fourth-order valence-corrected chi connectivity index (χ4v) is 4.24. The maximum Gasteiger partial charge on any atom is 0.410 e. The van der Waals surface area contributed by atoms with E-state index in [1.54, 1.807) is 9.80 Å².